The molecule has 0 spiro atoms. The van der Waals surface area contributed by atoms with Crippen LogP contribution in [0.5, 0.6) is 0 Å². The molecule has 0 aliphatic rings. The Labute approximate surface area is 86.9 Å². The van der Waals surface area contributed by atoms with Gasteiger partial charge in [-0.05, 0) is 11.5 Å². The molecule has 0 saturated heterocycles. The van der Waals surface area contributed by atoms with E-state index in [2.05, 4.69) is 19.6 Å². The number of rotatable bonds is 6. The first kappa shape index (κ1) is 11.5. The average Bonchev–Trinajstić information content (AvgIpc) is 2.54. The molecule has 1 rings (SSSR count). The van der Waals surface area contributed by atoms with Crippen LogP contribution in [-0.2, 0) is 16.6 Å². The zero-order valence-electron chi connectivity index (χ0n) is 7.73. The van der Waals surface area contributed by atoms with Gasteiger partial charge in [0.25, 0.3) is 0 Å². The van der Waals surface area contributed by atoms with E-state index in [-0.39, 0.29) is 0 Å². The zero-order chi connectivity index (χ0) is 10.4. The number of nitrogens with zero attached hydrogens (tertiary/aromatic N) is 2. The predicted molar refractivity (Wildman–Crippen MR) is 54.5 cm³/mol. The van der Waals surface area contributed by atoms with Crippen LogP contribution >= 0.6 is 11.5 Å². The first-order valence-corrected chi connectivity index (χ1v) is 6.72. The molecule has 0 aliphatic heterocycles. The van der Waals surface area contributed by atoms with Crippen molar-refractivity contribution in [2.24, 2.45) is 0 Å². The summed E-state index contributed by atoms with van der Waals surface area (Å²) in [5.74, 6) is 0. The SMILES string of the molecule is CS(=O)(=O)NCCNCc1csnn1. The van der Waals surface area contributed by atoms with Gasteiger partial charge in [0.05, 0.1) is 11.9 Å². The summed E-state index contributed by atoms with van der Waals surface area (Å²) in [7, 11) is -3.07. The monoisotopic (exact) mass is 236 g/mol. The standard InChI is InChI=1S/C6H12N4O2S2/c1-14(11,12)8-3-2-7-4-6-5-13-10-9-6/h5,7-8H,2-4H2,1H3. The fourth-order valence-corrected chi connectivity index (χ4v) is 1.73. The van der Waals surface area contributed by atoms with Crippen molar-refractivity contribution in [1.29, 1.82) is 0 Å². The number of nitrogens with one attached hydrogen (secondary N) is 2. The molecule has 8 heteroatoms. The van der Waals surface area contributed by atoms with Crippen LogP contribution in [0.2, 0.25) is 0 Å². The van der Waals surface area contributed by atoms with Gasteiger partial charge in [0.15, 0.2) is 0 Å². The van der Waals surface area contributed by atoms with Crippen molar-refractivity contribution in [2.75, 3.05) is 19.3 Å². The number of sulfonamides is 1. The second-order valence-corrected chi connectivity index (χ2v) is 5.18. The molecule has 2 N–H and O–H groups in total. The lowest BCUT2D eigenvalue weighted by atomic mass is 10.5. The minimum absolute atomic E-state index is 0.385. The molecule has 0 unspecified atom stereocenters. The first-order chi connectivity index (χ1) is 6.58. The molecule has 0 aliphatic carbocycles. The molecule has 0 atom stereocenters. The summed E-state index contributed by atoms with van der Waals surface area (Å²) in [4.78, 5) is 0. The molecule has 6 nitrogen and oxygen atoms in total. The Balaban J connectivity index is 2.06. The summed E-state index contributed by atoms with van der Waals surface area (Å²) in [6, 6.07) is 0. The van der Waals surface area contributed by atoms with E-state index in [0.717, 1.165) is 11.9 Å². The number of hydrogen-bond acceptors (Lipinski definition) is 6. The van der Waals surface area contributed by atoms with Crippen LogP contribution in [0.1, 0.15) is 5.69 Å². The fraction of sp³-hybridized carbons (Fsp3) is 0.667. The van der Waals surface area contributed by atoms with E-state index < -0.39 is 10.0 Å². The van der Waals surface area contributed by atoms with E-state index in [0.29, 0.717) is 19.6 Å². The van der Waals surface area contributed by atoms with Gasteiger partial charge in [-0.15, -0.1) is 5.10 Å². The lowest BCUT2D eigenvalue weighted by molar-refractivity contribution is 0.581. The Kier molecular flexibility index (Phi) is 4.39. The van der Waals surface area contributed by atoms with Gasteiger partial charge in [0, 0.05) is 25.0 Å². The maximum atomic E-state index is 10.7. The quantitative estimate of drug-likeness (QED) is 0.630. The lowest BCUT2D eigenvalue weighted by Gasteiger charge is -2.02. The maximum Gasteiger partial charge on any atom is 0.208 e. The normalized spacial score (nSPS) is 11.8. The molecule has 0 bridgehead atoms. The average molecular weight is 236 g/mol. The molecule has 1 aromatic heterocycles. The highest BCUT2D eigenvalue weighted by atomic mass is 32.2. The summed E-state index contributed by atoms with van der Waals surface area (Å²) >= 11 is 1.30. The summed E-state index contributed by atoms with van der Waals surface area (Å²) in [5.41, 5.74) is 0.870. The molecule has 0 amide bonds. The smallest absolute Gasteiger partial charge is 0.208 e. The van der Waals surface area contributed by atoms with Crippen molar-refractivity contribution >= 4 is 21.6 Å². The van der Waals surface area contributed by atoms with Crippen LogP contribution in [0, 0.1) is 0 Å². The van der Waals surface area contributed by atoms with Crippen LogP contribution in [-0.4, -0.2) is 37.4 Å². The Morgan fingerprint density at radius 2 is 2.29 bits per heavy atom. The van der Waals surface area contributed by atoms with Crippen molar-refractivity contribution in [1.82, 2.24) is 19.6 Å². The second-order valence-electron chi connectivity index (χ2n) is 2.74. The van der Waals surface area contributed by atoms with Crippen LogP contribution in [0.25, 0.3) is 0 Å². The van der Waals surface area contributed by atoms with Gasteiger partial charge in [-0.3, -0.25) is 0 Å². The third kappa shape index (κ3) is 5.22. The molecule has 0 aromatic carbocycles. The molecular weight excluding hydrogens is 224 g/mol. The highest BCUT2D eigenvalue weighted by Crippen LogP contribution is 1.94. The Hall–Kier alpha value is -0.570. The molecular formula is C6H12N4O2S2. The van der Waals surface area contributed by atoms with Gasteiger partial charge in [-0.2, -0.15) is 0 Å². The molecule has 80 valence electrons. The van der Waals surface area contributed by atoms with Crippen LogP contribution in [0.3, 0.4) is 0 Å². The minimum Gasteiger partial charge on any atom is -0.310 e. The summed E-state index contributed by atoms with van der Waals surface area (Å²) < 4.78 is 27.4. The van der Waals surface area contributed by atoms with Crippen molar-refractivity contribution in [3.05, 3.63) is 11.1 Å². The van der Waals surface area contributed by atoms with Crippen molar-refractivity contribution in [3.8, 4) is 0 Å². The number of hydrogen-bond donors (Lipinski definition) is 2. The van der Waals surface area contributed by atoms with Gasteiger partial charge >= 0.3 is 0 Å². The van der Waals surface area contributed by atoms with Crippen LogP contribution in [0.4, 0.5) is 0 Å². The largest absolute Gasteiger partial charge is 0.310 e. The molecule has 0 radical (unpaired) electrons. The third-order valence-corrected chi connectivity index (χ3v) is 2.66. The second kappa shape index (κ2) is 5.35. The van der Waals surface area contributed by atoms with Gasteiger partial charge in [-0.25, -0.2) is 13.1 Å². The zero-order valence-corrected chi connectivity index (χ0v) is 9.36. The molecule has 1 aromatic rings. The van der Waals surface area contributed by atoms with E-state index in [1.165, 1.54) is 11.5 Å². The summed E-state index contributed by atoms with van der Waals surface area (Å²) in [6.45, 7) is 1.57. The third-order valence-electron chi connectivity index (χ3n) is 1.38. The van der Waals surface area contributed by atoms with Crippen molar-refractivity contribution < 1.29 is 8.42 Å². The van der Waals surface area contributed by atoms with Crippen LogP contribution < -0.4 is 10.0 Å². The Morgan fingerprint density at radius 3 is 2.86 bits per heavy atom. The van der Waals surface area contributed by atoms with Crippen molar-refractivity contribution in [3.63, 3.8) is 0 Å². The summed E-state index contributed by atoms with van der Waals surface area (Å²) in [6.07, 6.45) is 1.14. The van der Waals surface area contributed by atoms with Crippen LogP contribution in [0.15, 0.2) is 5.38 Å². The minimum atomic E-state index is -3.07. The van der Waals surface area contributed by atoms with E-state index >= 15 is 0 Å². The Bertz CT molecular complexity index is 348. The molecule has 1 heterocycles. The number of aromatic nitrogens is 2. The van der Waals surface area contributed by atoms with Crippen molar-refractivity contribution in [2.45, 2.75) is 6.54 Å². The van der Waals surface area contributed by atoms with Gasteiger partial charge in [-0.1, -0.05) is 4.49 Å². The molecule has 0 fully saturated rings. The molecule has 14 heavy (non-hydrogen) atoms. The lowest BCUT2D eigenvalue weighted by Crippen LogP contribution is -2.30. The fourth-order valence-electron chi connectivity index (χ4n) is 0.802. The first-order valence-electron chi connectivity index (χ1n) is 3.99. The van der Waals surface area contributed by atoms with Gasteiger partial charge in [0.1, 0.15) is 0 Å². The van der Waals surface area contributed by atoms with E-state index in [1.807, 2.05) is 5.38 Å². The van der Waals surface area contributed by atoms with Gasteiger partial charge in [0.2, 0.25) is 10.0 Å². The van der Waals surface area contributed by atoms with E-state index in [4.69, 9.17) is 0 Å². The van der Waals surface area contributed by atoms with E-state index in [1.54, 1.807) is 0 Å². The molecule has 0 saturated carbocycles. The Morgan fingerprint density at radius 1 is 1.50 bits per heavy atom. The predicted octanol–water partition coefficient (Wildman–Crippen LogP) is -0.823. The highest BCUT2D eigenvalue weighted by Gasteiger charge is 1.99. The maximum absolute atomic E-state index is 10.7. The van der Waals surface area contributed by atoms with E-state index in [9.17, 15) is 8.42 Å². The van der Waals surface area contributed by atoms with Gasteiger partial charge < -0.3 is 5.32 Å². The summed E-state index contributed by atoms with van der Waals surface area (Å²) in [5, 5.41) is 8.71. The highest BCUT2D eigenvalue weighted by molar-refractivity contribution is 7.88. The topological polar surface area (TPSA) is 84.0 Å².